The number of para-hydroxylation sites is 1. The van der Waals surface area contributed by atoms with Crippen molar-refractivity contribution in [1.29, 1.82) is 0 Å². The molecule has 2 rings (SSSR count). The van der Waals surface area contributed by atoms with E-state index in [4.69, 9.17) is 0 Å². The first-order valence-corrected chi connectivity index (χ1v) is 9.28. The lowest BCUT2D eigenvalue weighted by atomic mass is 10.1. The van der Waals surface area contributed by atoms with Crippen molar-refractivity contribution in [3.05, 3.63) is 65.2 Å². The number of hydrogen-bond donors (Lipinski definition) is 1. The van der Waals surface area contributed by atoms with E-state index in [-0.39, 0.29) is 11.8 Å². The molecule has 0 saturated heterocycles. The summed E-state index contributed by atoms with van der Waals surface area (Å²) in [6.45, 7) is 8.34. The van der Waals surface area contributed by atoms with Crippen LogP contribution in [0.1, 0.15) is 47.1 Å². The molecule has 0 radical (unpaired) electrons. The van der Waals surface area contributed by atoms with Gasteiger partial charge in [-0.05, 0) is 50.2 Å². The highest BCUT2D eigenvalue weighted by molar-refractivity contribution is 6.08. The summed E-state index contributed by atoms with van der Waals surface area (Å²) < 4.78 is 0. The average Bonchev–Trinajstić information content (AvgIpc) is 2.66. The van der Waals surface area contributed by atoms with Crippen LogP contribution in [0.15, 0.2) is 48.5 Å². The van der Waals surface area contributed by atoms with Crippen LogP contribution in [-0.2, 0) is 6.54 Å². The smallest absolute Gasteiger partial charge is 0.255 e. The normalized spacial score (nSPS) is 10.9. The van der Waals surface area contributed by atoms with Crippen LogP contribution in [0.25, 0.3) is 0 Å². The summed E-state index contributed by atoms with van der Waals surface area (Å²) in [7, 11) is 3.38. The quantitative estimate of drug-likeness (QED) is 0.808. The standard InChI is InChI=1S/C22H29N3O2/c1-6-25(16(2)3)15-17-11-13-18(14-12-17)21(26)23-20-10-8-7-9-19(20)22(27)24(4)5/h7-14,16H,6,15H2,1-5H3,(H,23,26). The molecule has 5 nitrogen and oxygen atoms in total. The van der Waals surface area contributed by atoms with E-state index >= 15 is 0 Å². The average molecular weight is 367 g/mol. The first-order chi connectivity index (χ1) is 12.8. The van der Waals surface area contributed by atoms with Crippen molar-refractivity contribution >= 4 is 17.5 Å². The second kappa shape index (κ2) is 9.33. The number of hydrogen-bond acceptors (Lipinski definition) is 3. The summed E-state index contributed by atoms with van der Waals surface area (Å²) in [5.74, 6) is -0.369. The minimum absolute atomic E-state index is 0.144. The molecular formula is C22H29N3O2. The lowest BCUT2D eigenvalue weighted by Crippen LogP contribution is -2.29. The van der Waals surface area contributed by atoms with E-state index in [1.807, 2.05) is 24.3 Å². The SMILES string of the molecule is CCN(Cc1ccc(C(=O)Nc2ccccc2C(=O)N(C)C)cc1)C(C)C. The Balaban J connectivity index is 2.12. The van der Waals surface area contributed by atoms with Crippen molar-refractivity contribution in [2.45, 2.75) is 33.4 Å². The summed E-state index contributed by atoms with van der Waals surface area (Å²) in [5, 5.41) is 2.86. The number of nitrogens with zero attached hydrogens (tertiary/aromatic N) is 2. The van der Waals surface area contributed by atoms with Gasteiger partial charge in [-0.25, -0.2) is 0 Å². The number of amides is 2. The third-order valence-electron chi connectivity index (χ3n) is 4.55. The predicted octanol–water partition coefficient (Wildman–Crippen LogP) is 3.87. The summed E-state index contributed by atoms with van der Waals surface area (Å²) in [5.41, 5.74) is 2.73. The fraction of sp³-hybridized carbons (Fsp3) is 0.364. The lowest BCUT2D eigenvalue weighted by Gasteiger charge is -2.24. The summed E-state index contributed by atoms with van der Waals surface area (Å²) in [4.78, 5) is 28.7. The maximum Gasteiger partial charge on any atom is 0.255 e. The third-order valence-corrected chi connectivity index (χ3v) is 4.55. The fourth-order valence-electron chi connectivity index (χ4n) is 2.87. The predicted molar refractivity (Wildman–Crippen MR) is 110 cm³/mol. The van der Waals surface area contributed by atoms with Crippen LogP contribution in [0.3, 0.4) is 0 Å². The molecule has 0 heterocycles. The van der Waals surface area contributed by atoms with Crippen molar-refractivity contribution in [2.24, 2.45) is 0 Å². The molecule has 0 aliphatic rings. The van der Waals surface area contributed by atoms with Gasteiger partial charge >= 0.3 is 0 Å². The molecule has 2 amide bonds. The molecule has 1 N–H and O–H groups in total. The molecule has 0 unspecified atom stereocenters. The maximum atomic E-state index is 12.6. The number of benzene rings is 2. The Bertz CT molecular complexity index is 782. The largest absolute Gasteiger partial charge is 0.345 e. The van der Waals surface area contributed by atoms with Gasteiger partial charge < -0.3 is 10.2 Å². The zero-order valence-corrected chi connectivity index (χ0v) is 16.8. The van der Waals surface area contributed by atoms with Gasteiger partial charge in [0.25, 0.3) is 11.8 Å². The number of nitrogens with one attached hydrogen (secondary N) is 1. The van der Waals surface area contributed by atoms with Crippen molar-refractivity contribution in [3.63, 3.8) is 0 Å². The maximum absolute atomic E-state index is 12.6. The van der Waals surface area contributed by atoms with E-state index in [0.29, 0.717) is 22.9 Å². The fourth-order valence-corrected chi connectivity index (χ4v) is 2.87. The minimum Gasteiger partial charge on any atom is -0.345 e. The van der Waals surface area contributed by atoms with Crippen molar-refractivity contribution in [1.82, 2.24) is 9.80 Å². The highest BCUT2D eigenvalue weighted by atomic mass is 16.2. The number of anilines is 1. The number of rotatable bonds is 7. The van der Waals surface area contributed by atoms with E-state index in [9.17, 15) is 9.59 Å². The molecule has 0 saturated carbocycles. The van der Waals surface area contributed by atoms with Gasteiger partial charge in [-0.2, -0.15) is 0 Å². The molecule has 2 aromatic rings. The van der Waals surface area contributed by atoms with Gasteiger partial charge in [0.05, 0.1) is 11.3 Å². The van der Waals surface area contributed by atoms with Crippen LogP contribution in [0, 0.1) is 0 Å². The molecule has 0 spiro atoms. The molecule has 0 aliphatic carbocycles. The van der Waals surface area contributed by atoms with Gasteiger partial charge in [0.2, 0.25) is 0 Å². The Kier molecular flexibility index (Phi) is 7.13. The van der Waals surface area contributed by atoms with E-state index in [0.717, 1.165) is 13.1 Å². The second-order valence-corrected chi connectivity index (χ2v) is 7.05. The first kappa shape index (κ1) is 20.6. The Morgan fingerprint density at radius 2 is 1.63 bits per heavy atom. The monoisotopic (exact) mass is 367 g/mol. The van der Waals surface area contributed by atoms with Crippen LogP contribution >= 0.6 is 0 Å². The summed E-state index contributed by atoms with van der Waals surface area (Å²) in [6.07, 6.45) is 0. The third kappa shape index (κ3) is 5.41. The van der Waals surface area contributed by atoms with Gasteiger partial charge in [0.1, 0.15) is 0 Å². The van der Waals surface area contributed by atoms with Gasteiger partial charge in [0, 0.05) is 32.2 Å². The van der Waals surface area contributed by atoms with Crippen LogP contribution in [0.5, 0.6) is 0 Å². The topological polar surface area (TPSA) is 52.7 Å². The minimum atomic E-state index is -0.225. The van der Waals surface area contributed by atoms with E-state index in [1.54, 1.807) is 38.4 Å². The van der Waals surface area contributed by atoms with E-state index < -0.39 is 0 Å². The van der Waals surface area contributed by atoms with Gasteiger partial charge in [-0.15, -0.1) is 0 Å². The van der Waals surface area contributed by atoms with Crippen molar-refractivity contribution in [2.75, 3.05) is 26.0 Å². The molecule has 2 aromatic carbocycles. The van der Waals surface area contributed by atoms with Crippen LogP contribution in [0.4, 0.5) is 5.69 Å². The van der Waals surface area contributed by atoms with Crippen molar-refractivity contribution < 1.29 is 9.59 Å². The lowest BCUT2D eigenvalue weighted by molar-refractivity contribution is 0.0828. The molecule has 0 atom stereocenters. The molecule has 0 aliphatic heterocycles. The Hall–Kier alpha value is -2.66. The molecule has 0 fully saturated rings. The van der Waals surface area contributed by atoms with Gasteiger partial charge in [-0.1, -0.05) is 31.2 Å². The molecule has 144 valence electrons. The first-order valence-electron chi connectivity index (χ1n) is 9.28. The van der Waals surface area contributed by atoms with E-state index in [2.05, 4.69) is 31.0 Å². The molecule has 5 heteroatoms. The molecular weight excluding hydrogens is 338 g/mol. The van der Waals surface area contributed by atoms with E-state index in [1.165, 1.54) is 10.5 Å². The molecule has 27 heavy (non-hydrogen) atoms. The number of carbonyl (C=O) groups excluding carboxylic acids is 2. The zero-order valence-electron chi connectivity index (χ0n) is 16.8. The summed E-state index contributed by atoms with van der Waals surface area (Å²) in [6, 6.07) is 15.1. The second-order valence-electron chi connectivity index (χ2n) is 7.05. The Morgan fingerprint density at radius 3 is 2.19 bits per heavy atom. The van der Waals surface area contributed by atoms with Gasteiger partial charge in [-0.3, -0.25) is 14.5 Å². The molecule has 0 bridgehead atoms. The number of carbonyl (C=O) groups is 2. The molecule has 0 aromatic heterocycles. The van der Waals surface area contributed by atoms with Gasteiger partial charge in [0.15, 0.2) is 0 Å². The Morgan fingerprint density at radius 1 is 1.00 bits per heavy atom. The van der Waals surface area contributed by atoms with Crippen LogP contribution in [0.2, 0.25) is 0 Å². The van der Waals surface area contributed by atoms with Crippen LogP contribution < -0.4 is 5.32 Å². The highest BCUT2D eigenvalue weighted by Gasteiger charge is 2.15. The van der Waals surface area contributed by atoms with Crippen LogP contribution in [-0.4, -0.2) is 48.3 Å². The highest BCUT2D eigenvalue weighted by Crippen LogP contribution is 2.18. The summed E-state index contributed by atoms with van der Waals surface area (Å²) >= 11 is 0. The van der Waals surface area contributed by atoms with Crippen molar-refractivity contribution in [3.8, 4) is 0 Å². The Labute approximate surface area is 162 Å². The zero-order chi connectivity index (χ0) is 20.0.